The SMILES string of the molecule is CC[C@H](C)[C@@H]([C@@H](CC(=O)N1CCC[C@H]1[C@H](OC)[C@@H](C)C(=O)N[C@@H](Cc1cccc(N)c1)c1nccs1)OC)N(C)C(=O)[C@@H](NC(=O)[C@H]1N[C@H]2CC[C@H]1[C@@H]2C)C(C)C. The highest BCUT2D eigenvalue weighted by Gasteiger charge is 2.49. The van der Waals surface area contributed by atoms with Crippen LogP contribution in [-0.4, -0.2) is 109 Å². The molecule has 1 aromatic carbocycles. The van der Waals surface area contributed by atoms with Gasteiger partial charge in [-0.25, -0.2) is 4.98 Å². The van der Waals surface area contributed by atoms with Crippen molar-refractivity contribution >= 4 is 40.7 Å². The van der Waals surface area contributed by atoms with Crippen molar-refractivity contribution in [2.75, 3.05) is 33.5 Å². The number of likely N-dealkylation sites (N-methyl/N-ethyl adjacent to an activating group) is 1. The number of likely N-dealkylation sites (tertiary alicyclic amines) is 1. The van der Waals surface area contributed by atoms with Gasteiger partial charge in [-0.3, -0.25) is 19.2 Å². The molecule has 13 nitrogen and oxygen atoms in total. The second kappa shape index (κ2) is 19.9. The van der Waals surface area contributed by atoms with Crippen LogP contribution in [-0.2, 0) is 35.1 Å². The predicted octanol–water partition coefficient (Wildman–Crippen LogP) is 4.57. The zero-order valence-corrected chi connectivity index (χ0v) is 36.2. The van der Waals surface area contributed by atoms with E-state index in [1.54, 1.807) is 32.4 Å². The number of thiazole rings is 1. The first-order chi connectivity index (χ1) is 27.2. The van der Waals surface area contributed by atoms with Crippen LogP contribution >= 0.6 is 11.3 Å². The van der Waals surface area contributed by atoms with Gasteiger partial charge in [0.25, 0.3) is 0 Å². The highest BCUT2D eigenvalue weighted by molar-refractivity contribution is 7.09. The third-order valence-electron chi connectivity index (χ3n) is 13.2. The minimum Gasteiger partial charge on any atom is -0.399 e. The summed E-state index contributed by atoms with van der Waals surface area (Å²) >= 11 is 1.48. The van der Waals surface area contributed by atoms with E-state index >= 15 is 0 Å². The maximum atomic E-state index is 14.3. The number of ether oxygens (including phenoxy) is 2. The number of piperidine rings is 1. The second-order valence-corrected chi connectivity index (χ2v) is 18.0. The Kier molecular flexibility index (Phi) is 15.5. The number of hydrogen-bond donors (Lipinski definition) is 4. The number of benzene rings is 1. The van der Waals surface area contributed by atoms with Gasteiger partial charge >= 0.3 is 0 Å². The smallest absolute Gasteiger partial charge is 0.245 e. The summed E-state index contributed by atoms with van der Waals surface area (Å²) in [5, 5.41) is 12.5. The summed E-state index contributed by atoms with van der Waals surface area (Å²) in [4.78, 5) is 64.3. The number of anilines is 1. The van der Waals surface area contributed by atoms with Crippen LogP contribution in [0.1, 0.15) is 96.7 Å². The summed E-state index contributed by atoms with van der Waals surface area (Å²) in [6.45, 7) is 12.6. The van der Waals surface area contributed by atoms with Crippen molar-refractivity contribution in [2.24, 2.45) is 29.6 Å². The number of nitrogens with zero attached hydrogens (tertiary/aromatic N) is 3. The third kappa shape index (κ3) is 10.2. The molecule has 0 radical (unpaired) electrons. The number of methoxy groups -OCH3 is 2. The van der Waals surface area contributed by atoms with Gasteiger partial charge in [0.1, 0.15) is 11.0 Å². The predicted molar refractivity (Wildman–Crippen MR) is 223 cm³/mol. The number of nitrogens with two attached hydrogens (primary N) is 1. The zero-order chi connectivity index (χ0) is 41.6. The monoisotopic (exact) mass is 809 g/mol. The molecule has 2 aliphatic heterocycles. The van der Waals surface area contributed by atoms with Crippen molar-refractivity contribution < 1.29 is 28.7 Å². The van der Waals surface area contributed by atoms with E-state index in [4.69, 9.17) is 15.2 Å². The van der Waals surface area contributed by atoms with Crippen LogP contribution in [0.5, 0.6) is 0 Å². The molecule has 0 unspecified atom stereocenters. The Labute approximate surface area is 343 Å². The Morgan fingerprint density at radius 2 is 1.84 bits per heavy atom. The van der Waals surface area contributed by atoms with E-state index in [0.29, 0.717) is 37.0 Å². The first kappa shape index (κ1) is 44.5. The number of aromatic nitrogens is 1. The molecular weight excluding hydrogens is 743 g/mol. The van der Waals surface area contributed by atoms with Crippen molar-refractivity contribution in [2.45, 2.75) is 135 Å². The summed E-state index contributed by atoms with van der Waals surface area (Å²) in [6, 6.07) is 5.84. The van der Waals surface area contributed by atoms with Crippen LogP contribution in [0.3, 0.4) is 0 Å². The minimum absolute atomic E-state index is 0.00350. The molecule has 2 saturated heterocycles. The van der Waals surface area contributed by atoms with E-state index in [9.17, 15) is 19.2 Å². The number of amides is 4. The molecule has 3 aliphatic rings. The van der Waals surface area contributed by atoms with Crippen LogP contribution in [0, 0.1) is 29.6 Å². The molecule has 3 fully saturated rings. The van der Waals surface area contributed by atoms with Crippen molar-refractivity contribution in [1.29, 1.82) is 0 Å². The average Bonchev–Trinajstić information content (AvgIpc) is 4.02. The number of fused-ring (bicyclic) bond motifs is 2. The molecule has 1 aliphatic carbocycles. The first-order valence-electron chi connectivity index (χ1n) is 20.9. The third-order valence-corrected chi connectivity index (χ3v) is 14.1. The quantitative estimate of drug-likeness (QED) is 0.149. The molecule has 3 heterocycles. The van der Waals surface area contributed by atoms with Gasteiger partial charge in [0.2, 0.25) is 23.6 Å². The van der Waals surface area contributed by atoms with Gasteiger partial charge in [-0.1, -0.05) is 60.1 Å². The van der Waals surface area contributed by atoms with Gasteiger partial charge in [0, 0.05) is 51.1 Å². The molecule has 316 valence electrons. The van der Waals surface area contributed by atoms with E-state index in [0.717, 1.165) is 36.3 Å². The molecule has 5 N–H and O–H groups in total. The summed E-state index contributed by atoms with van der Waals surface area (Å²) < 4.78 is 12.1. The standard InChI is InChI=1S/C43H67N7O6S/c1-10-25(4)38(49(7)43(54)36(24(2)3)48-41(53)37-30-16-17-31(46-37)26(30)5)34(55-8)23-35(51)50-19-12-15-33(50)39(56-9)27(6)40(52)47-32(42-45-18-20-57-42)22-28-13-11-14-29(44)21-28/h11,13-14,18,20-21,24-27,30-34,36-39,46H,10,12,15-17,19,22-23,44H2,1-9H3,(H,47,52)(H,48,53)/t25-,26-,27+,30-,31-,32-,33-,34+,36-,37-,38-,39+/m0/s1. The molecule has 2 aromatic rings. The highest BCUT2D eigenvalue weighted by atomic mass is 32.1. The average molecular weight is 810 g/mol. The van der Waals surface area contributed by atoms with Gasteiger partial charge in [0.05, 0.1) is 48.7 Å². The molecule has 12 atom stereocenters. The lowest BCUT2D eigenvalue weighted by atomic mass is 9.89. The van der Waals surface area contributed by atoms with Crippen molar-refractivity contribution in [3.05, 3.63) is 46.4 Å². The lowest BCUT2D eigenvalue weighted by molar-refractivity contribution is -0.147. The van der Waals surface area contributed by atoms with Crippen LogP contribution in [0.4, 0.5) is 5.69 Å². The summed E-state index contributed by atoms with van der Waals surface area (Å²) in [5.41, 5.74) is 7.70. The number of nitrogens with one attached hydrogen (secondary N) is 3. The fourth-order valence-electron chi connectivity index (χ4n) is 9.67. The summed E-state index contributed by atoms with van der Waals surface area (Å²) in [6.07, 6.45) is 5.47. The molecular formula is C43H67N7O6S. The molecule has 14 heteroatoms. The Hall–Kier alpha value is -3.59. The lowest BCUT2D eigenvalue weighted by Crippen LogP contribution is -2.59. The van der Waals surface area contributed by atoms with Crippen molar-refractivity contribution in [1.82, 2.24) is 30.7 Å². The fraction of sp³-hybridized carbons (Fsp3) is 0.698. The summed E-state index contributed by atoms with van der Waals surface area (Å²) in [5.74, 6) is -0.628. The van der Waals surface area contributed by atoms with E-state index in [1.165, 1.54) is 11.3 Å². The number of hydrogen-bond acceptors (Lipinski definition) is 10. The zero-order valence-electron chi connectivity index (χ0n) is 35.4. The van der Waals surface area contributed by atoms with E-state index < -0.39 is 30.2 Å². The molecule has 5 rings (SSSR count). The van der Waals surface area contributed by atoms with Gasteiger partial charge < -0.3 is 41.0 Å². The van der Waals surface area contributed by atoms with Crippen LogP contribution in [0.25, 0.3) is 0 Å². The highest BCUT2D eigenvalue weighted by Crippen LogP contribution is 2.40. The molecule has 4 amide bonds. The van der Waals surface area contributed by atoms with Gasteiger partial charge in [-0.2, -0.15) is 0 Å². The normalized spacial score (nSPS) is 25.4. The minimum atomic E-state index is -0.724. The van der Waals surface area contributed by atoms with Crippen molar-refractivity contribution in [3.8, 4) is 0 Å². The van der Waals surface area contributed by atoms with Gasteiger partial charge in [0.15, 0.2) is 0 Å². The number of rotatable bonds is 19. The molecule has 1 aromatic heterocycles. The Morgan fingerprint density at radius 1 is 1.09 bits per heavy atom. The Morgan fingerprint density at radius 3 is 2.42 bits per heavy atom. The summed E-state index contributed by atoms with van der Waals surface area (Å²) in [7, 11) is 4.94. The second-order valence-electron chi connectivity index (χ2n) is 17.1. The molecule has 2 bridgehead atoms. The number of carbonyl (C=O) groups is 4. The number of nitrogen functional groups attached to an aromatic ring is 1. The van der Waals surface area contributed by atoms with E-state index in [1.807, 2.05) is 55.3 Å². The van der Waals surface area contributed by atoms with Crippen LogP contribution in [0.2, 0.25) is 0 Å². The fourth-order valence-corrected chi connectivity index (χ4v) is 10.4. The molecule has 1 saturated carbocycles. The Bertz CT molecular complexity index is 1660. The first-order valence-corrected chi connectivity index (χ1v) is 21.8. The largest absolute Gasteiger partial charge is 0.399 e. The Balaban J connectivity index is 1.27. The van der Waals surface area contributed by atoms with Crippen LogP contribution in [0.15, 0.2) is 35.8 Å². The maximum Gasteiger partial charge on any atom is 0.245 e. The molecule has 0 spiro atoms. The molecule has 57 heavy (non-hydrogen) atoms. The van der Waals surface area contributed by atoms with Gasteiger partial charge in [-0.15, -0.1) is 11.3 Å². The van der Waals surface area contributed by atoms with Gasteiger partial charge in [-0.05, 0) is 73.5 Å². The van der Waals surface area contributed by atoms with E-state index in [-0.39, 0.29) is 65.9 Å². The lowest BCUT2D eigenvalue weighted by Gasteiger charge is -2.41. The topological polar surface area (TPSA) is 168 Å². The van der Waals surface area contributed by atoms with Crippen molar-refractivity contribution in [3.63, 3.8) is 0 Å². The van der Waals surface area contributed by atoms with Crippen LogP contribution < -0.4 is 21.7 Å². The maximum absolute atomic E-state index is 14.3. The van der Waals surface area contributed by atoms with E-state index in [2.05, 4.69) is 41.7 Å². The number of carbonyl (C=O) groups excluding carboxylic acids is 4.